The molecule has 0 aromatic rings. The number of rotatable bonds is 61. The molecule has 0 aliphatic heterocycles. The summed E-state index contributed by atoms with van der Waals surface area (Å²) in [6.45, 7) is 6.87. The quantitative estimate of drug-likeness (QED) is 0.0205. The number of quaternary nitrogens is 1. The first-order valence-corrected chi connectivity index (χ1v) is 35.7. The van der Waals surface area contributed by atoms with Crippen molar-refractivity contribution in [3.63, 3.8) is 0 Å². The molecule has 0 saturated heterocycles. The number of phosphoric ester groups is 1. The van der Waals surface area contributed by atoms with Crippen molar-refractivity contribution in [2.45, 2.75) is 303 Å². The number of unbranched alkanes of at least 4 members (excludes halogenated alkanes) is 29. The number of carbonyl (C=O) groups is 2. The zero-order valence-corrected chi connectivity index (χ0v) is 55.6. The van der Waals surface area contributed by atoms with Crippen molar-refractivity contribution in [2.24, 2.45) is 0 Å². The molecule has 0 aliphatic carbocycles. The van der Waals surface area contributed by atoms with Crippen LogP contribution in [0.4, 0.5) is 0 Å². The maximum Gasteiger partial charge on any atom is 0.472 e. The second kappa shape index (κ2) is 61.7. The highest BCUT2D eigenvalue weighted by atomic mass is 31.2. The van der Waals surface area contributed by atoms with E-state index in [1.54, 1.807) is 0 Å². The number of phosphoric acid groups is 1. The maximum atomic E-state index is 13.6. The van der Waals surface area contributed by atoms with Crippen molar-refractivity contribution in [3.8, 4) is 0 Å². The van der Waals surface area contributed by atoms with Crippen LogP contribution >= 0.6 is 7.82 Å². The molecule has 0 spiro atoms. The SMILES string of the molecule is CC/C=C\C/C=C\C/C=C\C/C=C\C/C=C\C/C=C\CCCCCCCCCCC(=O)NC(COP(=O)(O)OCC[N+](C)(C)C)C(/C=C\CCCCCCCCCCCCC)OC(=O)CCCCCCCCC/C=C\C/C=C\CCCCC. The zero-order chi connectivity index (χ0) is 60.7. The number of likely N-dealkylation sites (N-methyl/N-ethyl adjacent to an activating group) is 1. The van der Waals surface area contributed by atoms with E-state index in [4.69, 9.17) is 13.8 Å². The second-order valence-electron chi connectivity index (χ2n) is 24.0. The molecule has 0 aromatic carbocycles. The predicted octanol–water partition coefficient (Wildman–Crippen LogP) is 21.7. The summed E-state index contributed by atoms with van der Waals surface area (Å²) >= 11 is 0. The van der Waals surface area contributed by atoms with Gasteiger partial charge in [0.05, 0.1) is 33.8 Å². The highest BCUT2D eigenvalue weighted by molar-refractivity contribution is 7.47. The van der Waals surface area contributed by atoms with E-state index in [1.807, 2.05) is 33.3 Å². The van der Waals surface area contributed by atoms with Crippen molar-refractivity contribution < 1.29 is 37.3 Å². The largest absolute Gasteiger partial charge is 0.472 e. The standard InChI is InChI=1S/C73H129N2O7P/c1-7-10-13-16-19-22-25-28-30-32-33-34-35-36-37-38-39-40-41-43-44-47-50-53-56-59-62-65-72(76)74-70(69-81-83(78,79)80-68-67-75(4,5)6)71(64-61-58-55-52-49-46-27-24-21-18-15-12-9-3)82-73(77)66-63-60-57-54-51-48-45-42-31-29-26-23-20-17-14-11-8-2/h10,13,19-20,22-23,28-31,33-34,36-37,39-40,61,64,70-71H,7-9,11-12,14-18,21,24-27,32,35,38,41-60,62-63,65-69H2,1-6H3,(H-,74,76,78,79)/p+1/b13-10-,22-19-,23-20-,30-28-,31-29-,34-33-,37-36-,40-39-,64-61-. The molecule has 1 amide bonds. The van der Waals surface area contributed by atoms with E-state index in [-0.39, 0.29) is 31.5 Å². The minimum absolute atomic E-state index is 0.0324. The number of hydrogen-bond acceptors (Lipinski definition) is 6. The first-order chi connectivity index (χ1) is 40.4. The van der Waals surface area contributed by atoms with Gasteiger partial charge in [-0.05, 0) is 115 Å². The van der Waals surface area contributed by atoms with E-state index in [0.717, 1.165) is 128 Å². The number of nitrogens with one attached hydrogen (secondary N) is 1. The van der Waals surface area contributed by atoms with Crippen LogP contribution in [-0.4, -0.2) is 74.3 Å². The maximum absolute atomic E-state index is 13.6. The Kier molecular flexibility index (Phi) is 59.3. The molecule has 0 aromatic heterocycles. The fourth-order valence-electron chi connectivity index (χ4n) is 9.44. The van der Waals surface area contributed by atoms with Crippen molar-refractivity contribution >= 4 is 19.7 Å². The van der Waals surface area contributed by atoms with Crippen molar-refractivity contribution in [1.29, 1.82) is 0 Å². The molecule has 0 saturated carbocycles. The van der Waals surface area contributed by atoms with Gasteiger partial charge in [0, 0.05) is 12.8 Å². The minimum atomic E-state index is -4.46. The van der Waals surface area contributed by atoms with E-state index in [9.17, 15) is 19.0 Å². The van der Waals surface area contributed by atoms with Gasteiger partial charge in [-0.2, -0.15) is 0 Å². The molecule has 0 radical (unpaired) electrons. The van der Waals surface area contributed by atoms with Crippen LogP contribution < -0.4 is 5.32 Å². The predicted molar refractivity (Wildman–Crippen MR) is 360 cm³/mol. The Balaban J connectivity index is 5.16. The van der Waals surface area contributed by atoms with Gasteiger partial charge in [0.15, 0.2) is 0 Å². The molecular weight excluding hydrogens is 1050 g/mol. The number of allylic oxidation sites excluding steroid dienone is 17. The smallest absolute Gasteiger partial charge is 0.456 e. The Morgan fingerprint density at radius 1 is 0.434 bits per heavy atom. The van der Waals surface area contributed by atoms with Crippen LogP contribution in [0, 0.1) is 0 Å². The van der Waals surface area contributed by atoms with Gasteiger partial charge in [-0.1, -0.05) is 272 Å². The summed E-state index contributed by atoms with van der Waals surface area (Å²) < 4.78 is 30.8. The van der Waals surface area contributed by atoms with E-state index in [0.29, 0.717) is 17.4 Å². The average molecular weight is 1180 g/mol. The number of carbonyl (C=O) groups excluding carboxylic acids is 2. The van der Waals surface area contributed by atoms with Gasteiger partial charge in [0.1, 0.15) is 19.3 Å². The lowest BCUT2D eigenvalue weighted by atomic mass is 10.0. The number of nitrogens with zero attached hydrogens (tertiary/aromatic N) is 1. The zero-order valence-electron chi connectivity index (χ0n) is 54.7. The molecule has 0 heterocycles. The summed E-state index contributed by atoms with van der Waals surface area (Å²) in [7, 11) is 1.48. The fraction of sp³-hybridized carbons (Fsp3) is 0.726. The lowest BCUT2D eigenvalue weighted by Crippen LogP contribution is -2.47. The summed E-state index contributed by atoms with van der Waals surface area (Å²) in [5, 5.41) is 3.06. The average Bonchev–Trinajstić information content (AvgIpc) is 3.47. The molecule has 0 fully saturated rings. The van der Waals surface area contributed by atoms with Gasteiger partial charge in [0.25, 0.3) is 0 Å². The van der Waals surface area contributed by atoms with E-state index in [2.05, 4.69) is 123 Å². The third-order valence-corrected chi connectivity index (χ3v) is 15.7. The monoisotopic (exact) mass is 1180 g/mol. The molecule has 9 nitrogen and oxygen atoms in total. The van der Waals surface area contributed by atoms with Crippen LogP contribution in [-0.2, 0) is 27.9 Å². The van der Waals surface area contributed by atoms with Gasteiger partial charge in [-0.25, -0.2) is 4.57 Å². The minimum Gasteiger partial charge on any atom is -0.456 e. The highest BCUT2D eigenvalue weighted by Gasteiger charge is 2.30. The topological polar surface area (TPSA) is 111 Å². The number of ether oxygens (including phenoxy) is 1. The Hall–Kier alpha value is -3.33. The van der Waals surface area contributed by atoms with Crippen LogP contribution in [0.1, 0.15) is 290 Å². The Bertz CT molecular complexity index is 1790. The molecule has 0 rings (SSSR count). The number of esters is 1. The van der Waals surface area contributed by atoms with Gasteiger partial charge < -0.3 is 19.4 Å². The first-order valence-electron chi connectivity index (χ1n) is 34.2. The molecular formula is C73H130N2O7P+. The van der Waals surface area contributed by atoms with Crippen molar-refractivity contribution in [3.05, 3.63) is 109 Å². The lowest BCUT2D eigenvalue weighted by Gasteiger charge is -2.27. The van der Waals surface area contributed by atoms with Gasteiger partial charge in [-0.3, -0.25) is 18.6 Å². The van der Waals surface area contributed by atoms with Crippen LogP contribution in [0.5, 0.6) is 0 Å². The molecule has 3 unspecified atom stereocenters. The molecule has 10 heteroatoms. The highest BCUT2D eigenvalue weighted by Crippen LogP contribution is 2.43. The second-order valence-corrected chi connectivity index (χ2v) is 25.4. The Morgan fingerprint density at radius 3 is 1.18 bits per heavy atom. The molecule has 2 N–H and O–H groups in total. The van der Waals surface area contributed by atoms with Crippen LogP contribution in [0.15, 0.2) is 109 Å². The normalized spacial score (nSPS) is 14.3. The molecule has 0 aliphatic rings. The third-order valence-electron chi connectivity index (χ3n) is 14.7. The summed E-state index contributed by atoms with van der Waals surface area (Å²) in [6.07, 6.45) is 85.1. The molecule has 478 valence electrons. The van der Waals surface area contributed by atoms with Crippen LogP contribution in [0.3, 0.4) is 0 Å². The molecule has 3 atom stereocenters. The number of amides is 1. The van der Waals surface area contributed by atoms with Gasteiger partial charge in [-0.15, -0.1) is 0 Å². The Labute approximate surface area is 512 Å². The van der Waals surface area contributed by atoms with Crippen molar-refractivity contribution in [2.75, 3.05) is 40.9 Å². The summed E-state index contributed by atoms with van der Waals surface area (Å²) in [5.41, 5.74) is 0. The van der Waals surface area contributed by atoms with Crippen LogP contribution in [0.25, 0.3) is 0 Å². The van der Waals surface area contributed by atoms with E-state index >= 15 is 0 Å². The van der Waals surface area contributed by atoms with Gasteiger partial charge in [0.2, 0.25) is 5.91 Å². The molecule has 0 bridgehead atoms. The van der Waals surface area contributed by atoms with E-state index < -0.39 is 20.0 Å². The summed E-state index contributed by atoms with van der Waals surface area (Å²) in [4.78, 5) is 37.9. The number of hydrogen-bond donors (Lipinski definition) is 2. The van der Waals surface area contributed by atoms with E-state index in [1.165, 1.54) is 128 Å². The molecule has 83 heavy (non-hydrogen) atoms. The van der Waals surface area contributed by atoms with Crippen molar-refractivity contribution in [1.82, 2.24) is 5.32 Å². The summed E-state index contributed by atoms with van der Waals surface area (Å²) in [5.74, 6) is -0.524. The van der Waals surface area contributed by atoms with Gasteiger partial charge >= 0.3 is 13.8 Å². The van der Waals surface area contributed by atoms with Crippen LogP contribution in [0.2, 0.25) is 0 Å². The fourth-order valence-corrected chi connectivity index (χ4v) is 10.2. The lowest BCUT2D eigenvalue weighted by molar-refractivity contribution is -0.870. The first kappa shape index (κ1) is 79.7. The Morgan fingerprint density at radius 2 is 0.771 bits per heavy atom. The third kappa shape index (κ3) is 63.0. The summed E-state index contributed by atoms with van der Waals surface area (Å²) in [6, 6.07) is -0.864.